The van der Waals surface area contributed by atoms with Gasteiger partial charge in [-0.3, -0.25) is 5.41 Å². The van der Waals surface area contributed by atoms with Crippen molar-refractivity contribution in [1.29, 1.82) is 10.9 Å². The monoisotopic (exact) mass is 375 g/mol. The van der Waals surface area contributed by atoms with E-state index in [2.05, 4.69) is 15.7 Å². The fraction of sp³-hybridized carbons (Fsp3) is 0.421. The highest BCUT2D eigenvalue weighted by atomic mass is 19.1. The minimum atomic E-state index is -0.873. The number of aliphatic hydroxyl groups excluding tert-OH is 1. The quantitative estimate of drug-likeness (QED) is 0.241. The van der Waals surface area contributed by atoms with Crippen molar-refractivity contribution in [2.75, 3.05) is 19.0 Å². The van der Waals surface area contributed by atoms with Crippen LogP contribution < -0.4 is 10.6 Å². The second-order valence-electron chi connectivity index (χ2n) is 6.55. The van der Waals surface area contributed by atoms with E-state index in [1.54, 1.807) is 13.1 Å². The van der Waals surface area contributed by atoms with Gasteiger partial charge in [-0.1, -0.05) is 0 Å². The largest absolute Gasteiger partial charge is 0.481 e. The lowest BCUT2D eigenvalue weighted by Gasteiger charge is -2.17. The molecule has 0 spiro atoms. The van der Waals surface area contributed by atoms with Crippen molar-refractivity contribution in [3.05, 3.63) is 53.2 Å². The highest BCUT2D eigenvalue weighted by Gasteiger charge is 2.20. The summed E-state index contributed by atoms with van der Waals surface area (Å²) in [5, 5.41) is 27.5. The summed E-state index contributed by atoms with van der Waals surface area (Å²) in [7, 11) is 1.39. The Labute approximate surface area is 158 Å². The molecular formula is C19H26FN5O2. The van der Waals surface area contributed by atoms with Gasteiger partial charge in [0.2, 0.25) is 5.90 Å². The molecule has 1 aliphatic carbocycles. The molecule has 0 saturated heterocycles. The van der Waals surface area contributed by atoms with E-state index in [0.29, 0.717) is 28.6 Å². The van der Waals surface area contributed by atoms with Gasteiger partial charge in [0.15, 0.2) is 0 Å². The van der Waals surface area contributed by atoms with Crippen molar-refractivity contribution in [3.63, 3.8) is 0 Å². The van der Waals surface area contributed by atoms with Crippen molar-refractivity contribution in [2.24, 2.45) is 11.0 Å². The zero-order valence-corrected chi connectivity index (χ0v) is 15.6. The Kier molecular flexibility index (Phi) is 7.48. The van der Waals surface area contributed by atoms with Gasteiger partial charge in [0.25, 0.3) is 0 Å². The zero-order valence-electron chi connectivity index (χ0n) is 15.6. The van der Waals surface area contributed by atoms with Crippen LogP contribution >= 0.6 is 0 Å². The first-order valence-corrected chi connectivity index (χ1v) is 8.80. The molecule has 0 amide bonds. The number of aliphatic hydroxyl groups is 1. The minimum absolute atomic E-state index is 0.0755. The molecule has 5 N–H and O–H groups in total. The molecule has 0 radical (unpaired) electrons. The fourth-order valence-corrected chi connectivity index (χ4v) is 2.50. The summed E-state index contributed by atoms with van der Waals surface area (Å²) in [5.74, 6) is 0.168. The van der Waals surface area contributed by atoms with E-state index < -0.39 is 11.9 Å². The SMILES string of the molecule is COC(=N)/C=C(/C/C(=C/NCC1CC1)N=N)Nc1ccc(F)cc1[C@@H](C)O. The number of hydrogen-bond donors (Lipinski definition) is 5. The number of benzene rings is 1. The predicted molar refractivity (Wildman–Crippen MR) is 102 cm³/mol. The number of halogens is 1. The number of rotatable bonds is 10. The zero-order chi connectivity index (χ0) is 19.8. The van der Waals surface area contributed by atoms with Gasteiger partial charge < -0.3 is 20.5 Å². The second-order valence-corrected chi connectivity index (χ2v) is 6.55. The van der Waals surface area contributed by atoms with E-state index in [1.165, 1.54) is 44.2 Å². The number of nitrogens with one attached hydrogen (secondary N) is 4. The maximum absolute atomic E-state index is 13.5. The third-order valence-electron chi connectivity index (χ3n) is 4.17. The molecule has 8 heteroatoms. The first-order chi connectivity index (χ1) is 12.9. The number of methoxy groups -OCH3 is 1. The number of nitrogens with zero attached hydrogens (tertiary/aromatic N) is 1. The average Bonchev–Trinajstić information content (AvgIpc) is 3.46. The molecule has 0 bridgehead atoms. The van der Waals surface area contributed by atoms with E-state index in [9.17, 15) is 9.50 Å². The summed E-state index contributed by atoms with van der Waals surface area (Å²) in [4.78, 5) is 0. The van der Waals surface area contributed by atoms with Crippen LogP contribution in [0.2, 0.25) is 0 Å². The Balaban J connectivity index is 2.20. The van der Waals surface area contributed by atoms with Crippen LogP contribution in [-0.2, 0) is 4.74 Å². The van der Waals surface area contributed by atoms with Crippen LogP contribution in [0.4, 0.5) is 10.1 Å². The fourth-order valence-electron chi connectivity index (χ4n) is 2.50. The maximum atomic E-state index is 13.5. The van der Waals surface area contributed by atoms with Gasteiger partial charge >= 0.3 is 0 Å². The molecule has 1 atom stereocenters. The molecule has 1 aliphatic rings. The summed E-state index contributed by atoms with van der Waals surface area (Å²) in [6.07, 6.45) is 4.97. The molecule has 0 aliphatic heterocycles. The Bertz CT molecular complexity index is 742. The molecule has 146 valence electrons. The third-order valence-corrected chi connectivity index (χ3v) is 4.17. The normalized spacial score (nSPS) is 15.9. The van der Waals surface area contributed by atoms with Crippen molar-refractivity contribution in [2.45, 2.75) is 32.3 Å². The van der Waals surface area contributed by atoms with Crippen molar-refractivity contribution in [1.82, 2.24) is 5.32 Å². The van der Waals surface area contributed by atoms with Crippen molar-refractivity contribution >= 4 is 11.6 Å². The third kappa shape index (κ3) is 6.82. The van der Waals surface area contributed by atoms with E-state index in [0.717, 1.165) is 6.54 Å². The number of hydrogen-bond acceptors (Lipinski definition) is 7. The van der Waals surface area contributed by atoms with Crippen molar-refractivity contribution < 1.29 is 14.2 Å². The molecule has 1 saturated carbocycles. The molecule has 1 fully saturated rings. The summed E-state index contributed by atoms with van der Waals surface area (Å²) in [6, 6.07) is 4.07. The van der Waals surface area contributed by atoms with Crippen LogP contribution in [0.25, 0.3) is 0 Å². The predicted octanol–water partition coefficient (Wildman–Crippen LogP) is 4.06. The van der Waals surface area contributed by atoms with Crippen LogP contribution in [0.3, 0.4) is 0 Å². The highest BCUT2D eigenvalue weighted by molar-refractivity contribution is 5.86. The first-order valence-electron chi connectivity index (χ1n) is 8.80. The van der Waals surface area contributed by atoms with Gasteiger partial charge in [-0.25, -0.2) is 9.92 Å². The topological polar surface area (TPSA) is 114 Å². The van der Waals surface area contributed by atoms with E-state index in [-0.39, 0.29) is 12.3 Å². The Hall–Kier alpha value is -2.74. The average molecular weight is 375 g/mol. The highest BCUT2D eigenvalue weighted by Crippen LogP contribution is 2.28. The summed E-state index contributed by atoms with van der Waals surface area (Å²) in [5.41, 5.74) is 9.30. The summed E-state index contributed by atoms with van der Waals surface area (Å²) in [6.45, 7) is 2.40. The van der Waals surface area contributed by atoms with Gasteiger partial charge in [-0.15, -0.1) is 0 Å². The van der Waals surface area contributed by atoms with E-state index in [4.69, 9.17) is 15.7 Å². The standard InChI is InChI=1S/C19H26FN5O2/c1-12(26)17-7-14(20)5-6-18(17)24-15(9-19(21)27-2)8-16(25-22)11-23-10-13-3-4-13/h5-7,9,11-13,21-24,26H,3-4,8,10H2,1-2H3/b15-9-,16-11-,21-19?,25-22?/t12-/m1/s1. The van der Waals surface area contributed by atoms with E-state index in [1.807, 2.05) is 0 Å². The molecule has 0 unspecified atom stereocenters. The van der Waals surface area contributed by atoms with Gasteiger partial charge in [0, 0.05) is 42.2 Å². The Morgan fingerprint density at radius 3 is 2.81 bits per heavy atom. The lowest BCUT2D eigenvalue weighted by atomic mass is 10.1. The minimum Gasteiger partial charge on any atom is -0.481 e. The first kappa shape index (κ1) is 20.6. The van der Waals surface area contributed by atoms with Gasteiger partial charge in [0.05, 0.1) is 18.9 Å². The second kappa shape index (κ2) is 9.82. The van der Waals surface area contributed by atoms with Gasteiger partial charge in [-0.05, 0) is 43.9 Å². The molecule has 0 heterocycles. The molecular weight excluding hydrogens is 349 g/mol. The molecule has 0 aromatic heterocycles. The van der Waals surface area contributed by atoms with Crippen LogP contribution in [0.1, 0.15) is 37.9 Å². The number of anilines is 1. The lowest BCUT2D eigenvalue weighted by molar-refractivity contribution is 0.199. The van der Waals surface area contributed by atoms with Crippen LogP contribution in [0.5, 0.6) is 0 Å². The molecule has 27 heavy (non-hydrogen) atoms. The van der Waals surface area contributed by atoms with Crippen molar-refractivity contribution in [3.8, 4) is 0 Å². The molecule has 1 aromatic rings. The van der Waals surface area contributed by atoms with E-state index >= 15 is 0 Å². The Morgan fingerprint density at radius 1 is 1.48 bits per heavy atom. The Morgan fingerprint density at radius 2 is 2.22 bits per heavy atom. The van der Waals surface area contributed by atoms with Crippen LogP contribution in [-0.4, -0.2) is 24.7 Å². The summed E-state index contributed by atoms with van der Waals surface area (Å²) >= 11 is 0. The van der Waals surface area contributed by atoms with Gasteiger partial charge in [-0.2, -0.15) is 5.11 Å². The molecule has 7 nitrogen and oxygen atoms in total. The number of ether oxygens (including phenoxy) is 1. The van der Waals surface area contributed by atoms with Crippen LogP contribution in [0.15, 0.2) is 47.0 Å². The molecule has 2 rings (SSSR count). The van der Waals surface area contributed by atoms with Crippen LogP contribution in [0, 0.1) is 22.7 Å². The lowest BCUT2D eigenvalue weighted by Crippen LogP contribution is -2.11. The summed E-state index contributed by atoms with van der Waals surface area (Å²) < 4.78 is 18.4. The maximum Gasteiger partial charge on any atom is 0.207 e. The smallest absolute Gasteiger partial charge is 0.207 e. The molecule has 1 aromatic carbocycles. The van der Waals surface area contributed by atoms with Gasteiger partial charge in [0.1, 0.15) is 5.82 Å².